The molecule has 0 saturated carbocycles. The number of hydrogen-bond acceptors (Lipinski definition) is 6. The van der Waals surface area contributed by atoms with Gasteiger partial charge in [-0.25, -0.2) is 12.8 Å². The van der Waals surface area contributed by atoms with Gasteiger partial charge in [0.15, 0.2) is 11.5 Å². The number of anilines is 2. The highest BCUT2D eigenvalue weighted by atomic mass is 32.2. The van der Waals surface area contributed by atoms with Crippen molar-refractivity contribution >= 4 is 33.2 Å². The summed E-state index contributed by atoms with van der Waals surface area (Å²) in [5, 5.41) is 5.31. The monoisotopic (exact) mass is 529 g/mol. The molecule has 3 rings (SSSR count). The molecule has 0 bridgehead atoms. The highest BCUT2D eigenvalue weighted by molar-refractivity contribution is 7.92. The van der Waals surface area contributed by atoms with Crippen LogP contribution in [0.5, 0.6) is 11.5 Å². The van der Waals surface area contributed by atoms with Crippen LogP contribution in [0.4, 0.5) is 15.8 Å². The van der Waals surface area contributed by atoms with E-state index in [1.165, 1.54) is 62.8 Å². The minimum atomic E-state index is -4.44. The largest absolute Gasteiger partial charge is 0.493 e. The highest BCUT2D eigenvalue weighted by Gasteiger charge is 2.30. The van der Waals surface area contributed by atoms with Crippen molar-refractivity contribution in [2.24, 2.45) is 0 Å². The van der Waals surface area contributed by atoms with Gasteiger partial charge in [-0.05, 0) is 42.8 Å². The molecule has 0 unspecified atom stereocenters. The van der Waals surface area contributed by atoms with Gasteiger partial charge in [0.25, 0.3) is 15.9 Å². The Hall–Kier alpha value is -4.12. The van der Waals surface area contributed by atoms with E-state index in [-0.39, 0.29) is 33.5 Å². The number of carbonyl (C=O) groups excluding carboxylic acids is 2. The zero-order valence-electron chi connectivity index (χ0n) is 20.7. The molecule has 0 fully saturated rings. The summed E-state index contributed by atoms with van der Waals surface area (Å²) in [5.41, 5.74) is 0.0870. The molecule has 0 saturated heterocycles. The van der Waals surface area contributed by atoms with Crippen LogP contribution in [0.15, 0.2) is 71.6 Å². The van der Waals surface area contributed by atoms with Gasteiger partial charge in [-0.1, -0.05) is 31.2 Å². The Balaban J connectivity index is 1.98. The van der Waals surface area contributed by atoms with Crippen molar-refractivity contribution in [3.63, 3.8) is 0 Å². The molecule has 0 atom stereocenters. The van der Waals surface area contributed by atoms with Crippen LogP contribution in [0, 0.1) is 5.82 Å². The Morgan fingerprint density at radius 3 is 2.30 bits per heavy atom. The minimum absolute atomic E-state index is 0.147. The van der Waals surface area contributed by atoms with Gasteiger partial charge >= 0.3 is 0 Å². The Kier molecular flexibility index (Phi) is 9.07. The standard InChI is InChI=1S/C26H28FN3O6S/c1-4-15-28-26(32)19-9-5-7-11-21(19)29-25(31)17-30(22-12-8-6-10-20(22)27)37(33,34)18-13-14-23(35-2)24(16-18)36-3/h5-14,16H,4,15,17H2,1-3H3,(H,28,32)(H,29,31). The van der Waals surface area contributed by atoms with Crippen LogP contribution in [-0.2, 0) is 14.8 Å². The lowest BCUT2D eigenvalue weighted by atomic mass is 10.1. The fourth-order valence-corrected chi connectivity index (χ4v) is 4.95. The molecule has 0 heterocycles. The molecule has 2 N–H and O–H groups in total. The van der Waals surface area contributed by atoms with Crippen molar-refractivity contribution < 1.29 is 31.9 Å². The second-order valence-electron chi connectivity index (χ2n) is 7.83. The van der Waals surface area contributed by atoms with Crippen molar-refractivity contribution in [2.45, 2.75) is 18.2 Å². The van der Waals surface area contributed by atoms with Crippen molar-refractivity contribution in [1.82, 2.24) is 5.32 Å². The first-order chi connectivity index (χ1) is 17.7. The molecular formula is C26H28FN3O6S. The lowest BCUT2D eigenvalue weighted by molar-refractivity contribution is -0.114. The van der Waals surface area contributed by atoms with Crippen LogP contribution in [0.1, 0.15) is 23.7 Å². The number of nitrogens with zero attached hydrogens (tertiary/aromatic N) is 1. The van der Waals surface area contributed by atoms with Gasteiger partial charge in [-0.2, -0.15) is 0 Å². The molecule has 0 radical (unpaired) electrons. The Labute approximate surface area is 215 Å². The smallest absolute Gasteiger partial charge is 0.265 e. The van der Waals surface area contributed by atoms with Crippen molar-refractivity contribution in [3.05, 3.63) is 78.1 Å². The number of ether oxygens (including phenoxy) is 2. The molecule has 11 heteroatoms. The number of sulfonamides is 1. The van der Waals surface area contributed by atoms with Gasteiger partial charge < -0.3 is 20.1 Å². The van der Waals surface area contributed by atoms with Crippen LogP contribution in [0.2, 0.25) is 0 Å². The average Bonchev–Trinajstić information content (AvgIpc) is 2.90. The van der Waals surface area contributed by atoms with Gasteiger partial charge in [0.05, 0.1) is 36.1 Å². The van der Waals surface area contributed by atoms with Crippen LogP contribution in [-0.4, -0.2) is 47.5 Å². The maximum atomic E-state index is 14.8. The van der Waals surface area contributed by atoms with Gasteiger partial charge in [-0.3, -0.25) is 13.9 Å². The predicted molar refractivity (Wildman–Crippen MR) is 138 cm³/mol. The molecule has 0 aliphatic rings. The number of halogens is 1. The number of methoxy groups -OCH3 is 2. The van der Waals surface area contributed by atoms with Gasteiger partial charge in [0, 0.05) is 12.6 Å². The van der Waals surface area contributed by atoms with Crippen LogP contribution >= 0.6 is 0 Å². The van der Waals surface area contributed by atoms with E-state index in [1.807, 2.05) is 6.92 Å². The number of nitrogens with one attached hydrogen (secondary N) is 2. The third kappa shape index (κ3) is 6.36. The first kappa shape index (κ1) is 27.5. The van der Waals surface area contributed by atoms with Crippen molar-refractivity contribution in [1.29, 1.82) is 0 Å². The summed E-state index contributed by atoms with van der Waals surface area (Å²) < 4.78 is 53.1. The summed E-state index contributed by atoms with van der Waals surface area (Å²) >= 11 is 0. The summed E-state index contributed by atoms with van der Waals surface area (Å²) in [6, 6.07) is 15.5. The molecular weight excluding hydrogens is 501 g/mol. The fourth-order valence-electron chi connectivity index (χ4n) is 3.50. The quantitative estimate of drug-likeness (QED) is 0.390. The summed E-state index contributed by atoms with van der Waals surface area (Å²) in [4.78, 5) is 25.4. The van der Waals surface area contributed by atoms with Gasteiger partial charge in [-0.15, -0.1) is 0 Å². The van der Waals surface area contributed by atoms with Crippen LogP contribution < -0.4 is 24.4 Å². The average molecular weight is 530 g/mol. The third-order valence-corrected chi connectivity index (χ3v) is 7.09. The minimum Gasteiger partial charge on any atom is -0.493 e. The molecule has 196 valence electrons. The second-order valence-corrected chi connectivity index (χ2v) is 9.69. The second kappa shape index (κ2) is 12.2. The highest BCUT2D eigenvalue weighted by Crippen LogP contribution is 2.33. The fraction of sp³-hybridized carbons (Fsp3) is 0.231. The first-order valence-corrected chi connectivity index (χ1v) is 12.8. The topological polar surface area (TPSA) is 114 Å². The summed E-state index contributed by atoms with van der Waals surface area (Å²) in [6.07, 6.45) is 0.728. The molecule has 37 heavy (non-hydrogen) atoms. The first-order valence-electron chi connectivity index (χ1n) is 11.4. The van der Waals surface area contributed by atoms with E-state index in [2.05, 4.69) is 10.6 Å². The summed E-state index contributed by atoms with van der Waals surface area (Å²) in [7, 11) is -1.69. The molecule has 0 aromatic heterocycles. The number of amides is 2. The van der Waals surface area contributed by atoms with Gasteiger partial charge in [0.2, 0.25) is 5.91 Å². The normalized spacial score (nSPS) is 10.9. The third-order valence-electron chi connectivity index (χ3n) is 5.33. The molecule has 3 aromatic carbocycles. The maximum Gasteiger partial charge on any atom is 0.265 e. The summed E-state index contributed by atoms with van der Waals surface area (Å²) in [5.74, 6) is -1.55. The zero-order chi connectivity index (χ0) is 27.0. The number of rotatable bonds is 11. The van der Waals surface area contributed by atoms with E-state index in [1.54, 1.807) is 12.1 Å². The number of hydrogen-bond donors (Lipinski definition) is 2. The molecule has 0 aliphatic carbocycles. The van der Waals surface area contributed by atoms with E-state index >= 15 is 0 Å². The Morgan fingerprint density at radius 2 is 1.62 bits per heavy atom. The Bertz CT molecular complexity index is 1380. The van der Waals surface area contributed by atoms with E-state index in [0.29, 0.717) is 16.6 Å². The molecule has 3 aromatic rings. The number of para-hydroxylation sites is 2. The van der Waals surface area contributed by atoms with E-state index < -0.39 is 28.3 Å². The number of benzene rings is 3. The van der Waals surface area contributed by atoms with Gasteiger partial charge in [0.1, 0.15) is 12.4 Å². The molecule has 0 spiro atoms. The molecule has 9 nitrogen and oxygen atoms in total. The number of carbonyl (C=O) groups is 2. The van der Waals surface area contributed by atoms with E-state index in [4.69, 9.17) is 9.47 Å². The summed E-state index contributed by atoms with van der Waals surface area (Å²) in [6.45, 7) is 1.60. The lowest BCUT2D eigenvalue weighted by Gasteiger charge is -2.25. The zero-order valence-corrected chi connectivity index (χ0v) is 21.5. The van der Waals surface area contributed by atoms with E-state index in [0.717, 1.165) is 12.5 Å². The van der Waals surface area contributed by atoms with Crippen molar-refractivity contribution in [3.8, 4) is 11.5 Å². The van der Waals surface area contributed by atoms with Crippen molar-refractivity contribution in [2.75, 3.05) is 36.9 Å². The Morgan fingerprint density at radius 1 is 0.946 bits per heavy atom. The molecule has 2 amide bonds. The lowest BCUT2D eigenvalue weighted by Crippen LogP contribution is -2.39. The maximum absolute atomic E-state index is 14.8. The SMILES string of the molecule is CCCNC(=O)c1ccccc1NC(=O)CN(c1ccccc1F)S(=O)(=O)c1ccc(OC)c(OC)c1. The van der Waals surface area contributed by atoms with Crippen LogP contribution in [0.25, 0.3) is 0 Å². The van der Waals surface area contributed by atoms with Crippen LogP contribution in [0.3, 0.4) is 0 Å². The van der Waals surface area contributed by atoms with E-state index in [9.17, 15) is 22.4 Å². The predicted octanol–water partition coefficient (Wildman–Crippen LogP) is 3.82. The molecule has 0 aliphatic heterocycles.